The van der Waals surface area contributed by atoms with E-state index in [9.17, 15) is 29.7 Å². The highest BCUT2D eigenvalue weighted by Gasteiger charge is 2.75. The number of fused-ring (bicyclic) bond motifs is 3. The summed E-state index contributed by atoms with van der Waals surface area (Å²) >= 11 is 0. The number of phenols is 1. The van der Waals surface area contributed by atoms with Crippen molar-refractivity contribution < 1.29 is 29.7 Å². The van der Waals surface area contributed by atoms with Crippen LogP contribution in [0.5, 0.6) is 5.75 Å². The van der Waals surface area contributed by atoms with Gasteiger partial charge in [0, 0.05) is 22.0 Å². The molecule has 4 rings (SSSR count). The molecule has 0 bridgehead atoms. The summed E-state index contributed by atoms with van der Waals surface area (Å²) in [7, 11) is 0. The fraction of sp³-hybridized carbons (Fsp3) is 0.594. The van der Waals surface area contributed by atoms with Gasteiger partial charge in [0.2, 0.25) is 11.6 Å². The van der Waals surface area contributed by atoms with E-state index in [1.54, 1.807) is 13.8 Å². The lowest BCUT2D eigenvalue weighted by Crippen LogP contribution is -2.74. The van der Waals surface area contributed by atoms with Crippen LogP contribution in [0.2, 0.25) is 0 Å². The highest BCUT2D eigenvalue weighted by molar-refractivity contribution is 6.33. The smallest absolute Gasteiger partial charge is 0.206 e. The molecule has 1 aromatic carbocycles. The van der Waals surface area contributed by atoms with Crippen molar-refractivity contribution in [3.63, 3.8) is 0 Å². The number of hydrogen-bond acceptors (Lipinski definition) is 6. The van der Waals surface area contributed by atoms with Crippen molar-refractivity contribution >= 4 is 23.1 Å². The number of carbonyl (C=O) groups excluding carboxylic acids is 3. The molecular weight excluding hydrogens is 480 g/mol. The third-order valence-electron chi connectivity index (χ3n) is 10.6. The van der Waals surface area contributed by atoms with Crippen molar-refractivity contribution in [2.24, 2.45) is 28.6 Å². The molecule has 206 valence electrons. The van der Waals surface area contributed by atoms with Crippen LogP contribution < -0.4 is 0 Å². The van der Waals surface area contributed by atoms with Crippen molar-refractivity contribution in [1.82, 2.24) is 0 Å². The Hall–Kier alpha value is -2.73. The van der Waals surface area contributed by atoms with E-state index in [4.69, 9.17) is 0 Å². The quantitative estimate of drug-likeness (QED) is 0.334. The second-order valence-corrected chi connectivity index (χ2v) is 13.6. The average molecular weight is 523 g/mol. The number of rotatable bonds is 2. The predicted molar refractivity (Wildman–Crippen MR) is 147 cm³/mol. The molecular formula is C32H42O6. The number of benzene rings is 1. The SMILES string of the molecule is CC(=O)C1=C(C)[C@@H](C(C)C)[C@]2(C)[C@@H](C)[C@@]3(C)C(=C(O)c4c(ccc(C(C)(C)C)c4O)[C@@H]3C)C(=O)[C@]2(O)C1=O. The van der Waals surface area contributed by atoms with E-state index < -0.39 is 56.8 Å². The van der Waals surface area contributed by atoms with E-state index in [-0.39, 0.29) is 34.3 Å². The predicted octanol–water partition coefficient (Wildman–Crippen LogP) is 5.80. The molecule has 0 heterocycles. The molecule has 3 N–H and O–H groups in total. The third kappa shape index (κ3) is 3.01. The number of allylic oxidation sites excluding steroid dienone is 1. The van der Waals surface area contributed by atoms with Crippen LogP contribution in [0.1, 0.15) is 98.8 Å². The maximum atomic E-state index is 14.6. The van der Waals surface area contributed by atoms with Crippen LogP contribution in [-0.4, -0.2) is 38.3 Å². The standard InChI is InChI=1S/C32H42O6/c1-14(2)23-15(3)21(17(5)33)27(36)32(38)28(37)24-26(35)22-19(12-13-20(25(22)34)29(7,8)9)16(4)30(24,10)18(6)31(23,32)11/h12-14,16,18,23,34-35,38H,1-11H3/t16-,18-,23+,30-,31-,32+/m0/s1. The first-order valence-corrected chi connectivity index (χ1v) is 13.6. The number of Topliss-reactive ketones (excluding diaryl/α,β-unsaturated/α-hetero) is 3. The molecule has 0 aromatic heterocycles. The lowest BCUT2D eigenvalue weighted by atomic mass is 9.37. The Morgan fingerprint density at radius 1 is 1.03 bits per heavy atom. The Labute approximate surface area is 225 Å². The number of carbonyl (C=O) groups is 3. The van der Waals surface area contributed by atoms with Gasteiger partial charge in [-0.2, -0.15) is 0 Å². The molecule has 3 aliphatic rings. The monoisotopic (exact) mass is 522 g/mol. The van der Waals surface area contributed by atoms with Gasteiger partial charge in [0.15, 0.2) is 11.4 Å². The minimum absolute atomic E-state index is 0.0513. The molecule has 1 saturated carbocycles. The van der Waals surface area contributed by atoms with Crippen molar-refractivity contribution in [3.05, 3.63) is 45.5 Å². The zero-order valence-corrected chi connectivity index (χ0v) is 24.5. The summed E-state index contributed by atoms with van der Waals surface area (Å²) in [6, 6.07) is 3.77. The van der Waals surface area contributed by atoms with E-state index >= 15 is 0 Å². The second kappa shape index (κ2) is 8.14. The summed E-state index contributed by atoms with van der Waals surface area (Å²) in [4.78, 5) is 41.3. The Morgan fingerprint density at radius 2 is 1.58 bits per heavy atom. The molecule has 6 atom stereocenters. The summed E-state index contributed by atoms with van der Waals surface area (Å²) < 4.78 is 0. The lowest BCUT2D eigenvalue weighted by molar-refractivity contribution is -0.194. The fourth-order valence-electron chi connectivity index (χ4n) is 8.48. The average Bonchev–Trinajstić information content (AvgIpc) is 2.78. The van der Waals surface area contributed by atoms with Gasteiger partial charge in [-0.25, -0.2) is 0 Å². The van der Waals surface area contributed by atoms with E-state index in [2.05, 4.69) is 0 Å². The van der Waals surface area contributed by atoms with Gasteiger partial charge >= 0.3 is 0 Å². The number of hydrogen-bond donors (Lipinski definition) is 3. The normalized spacial score (nSPS) is 35.3. The maximum absolute atomic E-state index is 14.6. The first-order valence-electron chi connectivity index (χ1n) is 13.6. The zero-order chi connectivity index (χ0) is 29.1. The van der Waals surface area contributed by atoms with E-state index in [1.165, 1.54) is 6.92 Å². The van der Waals surface area contributed by atoms with Gasteiger partial charge in [-0.05, 0) is 48.5 Å². The molecule has 0 amide bonds. The van der Waals surface area contributed by atoms with Crippen LogP contribution in [-0.2, 0) is 19.8 Å². The van der Waals surface area contributed by atoms with E-state index in [0.29, 0.717) is 16.7 Å². The van der Waals surface area contributed by atoms with Crippen LogP contribution in [0, 0.1) is 28.6 Å². The van der Waals surface area contributed by atoms with E-state index in [1.807, 2.05) is 67.5 Å². The molecule has 0 spiro atoms. The van der Waals surface area contributed by atoms with Gasteiger partial charge < -0.3 is 15.3 Å². The number of aliphatic hydroxyl groups is 2. The van der Waals surface area contributed by atoms with Crippen molar-refractivity contribution in [1.29, 1.82) is 0 Å². The first-order chi connectivity index (χ1) is 17.2. The molecule has 6 nitrogen and oxygen atoms in total. The summed E-state index contributed by atoms with van der Waals surface area (Å²) in [5.74, 6) is -4.09. The summed E-state index contributed by atoms with van der Waals surface area (Å²) in [6.45, 7) is 20.4. The van der Waals surface area contributed by atoms with Crippen LogP contribution in [0.3, 0.4) is 0 Å². The highest BCUT2D eigenvalue weighted by Crippen LogP contribution is 2.70. The molecule has 0 radical (unpaired) electrons. The topological polar surface area (TPSA) is 112 Å². The van der Waals surface area contributed by atoms with Gasteiger partial charge in [0.1, 0.15) is 11.5 Å². The van der Waals surface area contributed by atoms with Crippen LogP contribution in [0.15, 0.2) is 28.9 Å². The molecule has 1 fully saturated rings. The van der Waals surface area contributed by atoms with Crippen LogP contribution >= 0.6 is 0 Å². The molecule has 0 saturated heterocycles. The molecule has 3 aliphatic carbocycles. The molecule has 0 aliphatic heterocycles. The Balaban J connectivity index is 2.15. The Kier molecular flexibility index (Phi) is 6.06. The molecule has 0 unspecified atom stereocenters. The molecule has 1 aromatic rings. The number of aliphatic hydroxyl groups excluding tert-OH is 1. The van der Waals surface area contributed by atoms with Crippen LogP contribution in [0.4, 0.5) is 0 Å². The fourth-order valence-corrected chi connectivity index (χ4v) is 8.48. The lowest BCUT2D eigenvalue weighted by Gasteiger charge is -2.65. The third-order valence-corrected chi connectivity index (χ3v) is 10.6. The maximum Gasteiger partial charge on any atom is 0.206 e. The van der Waals surface area contributed by atoms with Gasteiger partial charge in [0.05, 0.1) is 11.1 Å². The first kappa shape index (κ1) is 28.3. The minimum atomic E-state index is -2.54. The van der Waals surface area contributed by atoms with Crippen molar-refractivity contribution in [3.8, 4) is 5.75 Å². The molecule has 6 heteroatoms. The summed E-state index contributed by atoms with van der Waals surface area (Å²) in [6.07, 6.45) is 0. The minimum Gasteiger partial charge on any atom is -0.507 e. The van der Waals surface area contributed by atoms with E-state index in [0.717, 1.165) is 0 Å². The second-order valence-electron chi connectivity index (χ2n) is 13.6. The number of ketones is 3. The van der Waals surface area contributed by atoms with Crippen LogP contribution in [0.25, 0.3) is 5.76 Å². The van der Waals surface area contributed by atoms with Gasteiger partial charge in [-0.3, -0.25) is 14.4 Å². The largest absolute Gasteiger partial charge is 0.507 e. The summed E-state index contributed by atoms with van der Waals surface area (Å²) in [5.41, 5.74) is -3.27. The van der Waals surface area contributed by atoms with Gasteiger partial charge in [0.25, 0.3) is 0 Å². The van der Waals surface area contributed by atoms with Crippen molar-refractivity contribution in [2.75, 3.05) is 0 Å². The highest BCUT2D eigenvalue weighted by atomic mass is 16.3. The van der Waals surface area contributed by atoms with Gasteiger partial charge in [-0.1, -0.05) is 80.0 Å². The molecule has 38 heavy (non-hydrogen) atoms. The zero-order valence-electron chi connectivity index (χ0n) is 24.5. The Morgan fingerprint density at radius 3 is 2.05 bits per heavy atom. The van der Waals surface area contributed by atoms with Crippen molar-refractivity contribution in [2.45, 2.75) is 93.1 Å². The number of aromatic hydroxyl groups is 1. The summed E-state index contributed by atoms with van der Waals surface area (Å²) in [5, 5.41) is 35.5. The Bertz CT molecular complexity index is 1350. The van der Waals surface area contributed by atoms with Gasteiger partial charge in [-0.15, -0.1) is 0 Å². The number of phenolic OH excluding ortho intramolecular Hbond substituents is 1.